The van der Waals surface area contributed by atoms with Gasteiger partial charge in [-0.1, -0.05) is 30.3 Å². The Labute approximate surface area is 131 Å². The van der Waals surface area contributed by atoms with Gasteiger partial charge in [0.05, 0.1) is 13.7 Å². The molecule has 0 heterocycles. The van der Waals surface area contributed by atoms with Crippen molar-refractivity contribution in [3.63, 3.8) is 0 Å². The van der Waals surface area contributed by atoms with Gasteiger partial charge in [0.15, 0.2) is 0 Å². The molecule has 2 N–H and O–H groups in total. The zero-order valence-corrected chi connectivity index (χ0v) is 12.9. The average molecular weight is 301 g/mol. The summed E-state index contributed by atoms with van der Waals surface area (Å²) in [5.74, 6) is 1.72. The van der Waals surface area contributed by atoms with Gasteiger partial charge < -0.3 is 19.9 Å². The highest BCUT2D eigenvalue weighted by atomic mass is 16.5. The Morgan fingerprint density at radius 2 is 1.82 bits per heavy atom. The van der Waals surface area contributed by atoms with Crippen LogP contribution in [0.1, 0.15) is 11.1 Å². The summed E-state index contributed by atoms with van der Waals surface area (Å²) in [5, 5.41) is 12.1. The van der Waals surface area contributed by atoms with E-state index in [0.717, 1.165) is 31.0 Å². The Bertz CT molecular complexity index is 555. The first-order valence-electron chi connectivity index (χ1n) is 7.48. The molecule has 0 saturated heterocycles. The number of para-hydroxylation sites is 1. The van der Waals surface area contributed by atoms with Gasteiger partial charge in [-0.15, -0.1) is 0 Å². The van der Waals surface area contributed by atoms with Crippen molar-refractivity contribution in [1.82, 2.24) is 5.32 Å². The smallest absolute Gasteiger partial charge is 0.122 e. The minimum atomic E-state index is 0.0340. The van der Waals surface area contributed by atoms with E-state index >= 15 is 0 Å². The Hall–Kier alpha value is -2.04. The SMILES string of the molecule is COc1ccccc1CCNCc1ccc(OCCO)cc1. The van der Waals surface area contributed by atoms with Gasteiger partial charge in [0, 0.05) is 6.54 Å². The molecule has 0 atom stereocenters. The van der Waals surface area contributed by atoms with E-state index in [1.807, 2.05) is 42.5 Å². The molecule has 0 aliphatic carbocycles. The first-order valence-corrected chi connectivity index (χ1v) is 7.48. The van der Waals surface area contributed by atoms with E-state index in [0.29, 0.717) is 6.61 Å². The third-order valence-corrected chi connectivity index (χ3v) is 3.38. The van der Waals surface area contributed by atoms with Crippen LogP contribution in [0.5, 0.6) is 11.5 Å². The van der Waals surface area contributed by atoms with Crippen molar-refractivity contribution < 1.29 is 14.6 Å². The van der Waals surface area contributed by atoms with Crippen LogP contribution in [0.4, 0.5) is 0 Å². The number of hydrogen-bond acceptors (Lipinski definition) is 4. The average Bonchev–Trinajstić information content (AvgIpc) is 2.58. The molecule has 0 fully saturated rings. The number of methoxy groups -OCH3 is 1. The number of benzene rings is 2. The van der Waals surface area contributed by atoms with Gasteiger partial charge in [-0.3, -0.25) is 0 Å². The Morgan fingerprint density at radius 1 is 1.05 bits per heavy atom. The first-order chi connectivity index (χ1) is 10.8. The lowest BCUT2D eigenvalue weighted by atomic mass is 10.1. The lowest BCUT2D eigenvalue weighted by Gasteiger charge is -2.09. The second-order valence-corrected chi connectivity index (χ2v) is 4.95. The van der Waals surface area contributed by atoms with Crippen LogP contribution < -0.4 is 14.8 Å². The molecule has 2 aromatic rings. The van der Waals surface area contributed by atoms with E-state index in [1.165, 1.54) is 11.1 Å². The normalized spacial score (nSPS) is 10.5. The van der Waals surface area contributed by atoms with Gasteiger partial charge >= 0.3 is 0 Å². The molecule has 4 nitrogen and oxygen atoms in total. The summed E-state index contributed by atoms with van der Waals surface area (Å²) in [6, 6.07) is 16.0. The van der Waals surface area contributed by atoms with E-state index in [1.54, 1.807) is 7.11 Å². The van der Waals surface area contributed by atoms with Gasteiger partial charge in [-0.25, -0.2) is 0 Å². The number of aliphatic hydroxyl groups is 1. The molecule has 4 heteroatoms. The van der Waals surface area contributed by atoms with Gasteiger partial charge in [0.25, 0.3) is 0 Å². The molecule has 118 valence electrons. The third kappa shape index (κ3) is 5.06. The summed E-state index contributed by atoms with van der Waals surface area (Å²) in [6.07, 6.45) is 0.932. The van der Waals surface area contributed by atoms with Crippen molar-refractivity contribution in [3.05, 3.63) is 59.7 Å². The summed E-state index contributed by atoms with van der Waals surface area (Å²) in [5.41, 5.74) is 2.42. The molecule has 2 aromatic carbocycles. The minimum Gasteiger partial charge on any atom is -0.496 e. The third-order valence-electron chi connectivity index (χ3n) is 3.38. The topological polar surface area (TPSA) is 50.7 Å². The van der Waals surface area contributed by atoms with Crippen molar-refractivity contribution in [2.75, 3.05) is 26.9 Å². The molecule has 0 amide bonds. The summed E-state index contributed by atoms with van der Waals surface area (Å²) in [7, 11) is 1.70. The van der Waals surface area contributed by atoms with E-state index < -0.39 is 0 Å². The predicted octanol–water partition coefficient (Wildman–Crippen LogP) is 2.40. The number of hydrogen-bond donors (Lipinski definition) is 2. The van der Waals surface area contributed by atoms with Gasteiger partial charge in [0.1, 0.15) is 18.1 Å². The standard InChI is InChI=1S/C18H23NO3/c1-21-18-5-3-2-4-16(18)10-11-19-14-15-6-8-17(9-7-15)22-13-12-20/h2-9,19-20H,10-14H2,1H3. The van der Waals surface area contributed by atoms with E-state index in [4.69, 9.17) is 14.6 Å². The lowest BCUT2D eigenvalue weighted by Crippen LogP contribution is -2.16. The van der Waals surface area contributed by atoms with Crippen LogP contribution in [0.25, 0.3) is 0 Å². The molecule has 22 heavy (non-hydrogen) atoms. The molecule has 0 aliphatic rings. The predicted molar refractivity (Wildman–Crippen MR) is 87.4 cm³/mol. The summed E-state index contributed by atoms with van der Waals surface area (Å²) in [6.45, 7) is 2.07. The van der Waals surface area contributed by atoms with Crippen molar-refractivity contribution in [1.29, 1.82) is 0 Å². The highest BCUT2D eigenvalue weighted by Crippen LogP contribution is 2.17. The second kappa shape index (κ2) is 9.07. The quantitative estimate of drug-likeness (QED) is 0.698. The van der Waals surface area contributed by atoms with Crippen LogP contribution in [0.3, 0.4) is 0 Å². The molecule has 0 radical (unpaired) electrons. The molecular weight excluding hydrogens is 278 g/mol. The van der Waals surface area contributed by atoms with Crippen LogP contribution in [0.2, 0.25) is 0 Å². The molecule has 0 aromatic heterocycles. The number of aliphatic hydroxyl groups excluding tert-OH is 1. The Kier molecular flexibility index (Phi) is 6.74. The van der Waals surface area contributed by atoms with Crippen LogP contribution in [0, 0.1) is 0 Å². The second-order valence-electron chi connectivity index (χ2n) is 4.95. The summed E-state index contributed by atoms with van der Waals surface area (Å²) >= 11 is 0. The lowest BCUT2D eigenvalue weighted by molar-refractivity contribution is 0.201. The fraction of sp³-hybridized carbons (Fsp3) is 0.333. The van der Waals surface area contributed by atoms with Crippen molar-refractivity contribution in [2.45, 2.75) is 13.0 Å². The monoisotopic (exact) mass is 301 g/mol. The Morgan fingerprint density at radius 3 is 2.55 bits per heavy atom. The number of nitrogens with one attached hydrogen (secondary N) is 1. The highest BCUT2D eigenvalue weighted by Gasteiger charge is 2.01. The number of ether oxygens (including phenoxy) is 2. The van der Waals surface area contributed by atoms with Crippen LogP contribution in [-0.4, -0.2) is 32.0 Å². The molecule has 0 spiro atoms. The van der Waals surface area contributed by atoms with Gasteiger partial charge in [-0.05, 0) is 42.3 Å². The van der Waals surface area contributed by atoms with E-state index in [9.17, 15) is 0 Å². The maximum atomic E-state index is 8.71. The highest BCUT2D eigenvalue weighted by molar-refractivity contribution is 5.33. The van der Waals surface area contributed by atoms with Crippen molar-refractivity contribution >= 4 is 0 Å². The maximum Gasteiger partial charge on any atom is 0.122 e. The van der Waals surface area contributed by atoms with Crippen LogP contribution in [-0.2, 0) is 13.0 Å². The molecule has 0 unspecified atom stereocenters. The first kappa shape index (κ1) is 16.3. The van der Waals surface area contributed by atoms with E-state index in [2.05, 4.69) is 11.4 Å². The fourth-order valence-corrected chi connectivity index (χ4v) is 2.23. The zero-order valence-electron chi connectivity index (χ0n) is 12.9. The largest absolute Gasteiger partial charge is 0.496 e. The fourth-order valence-electron chi connectivity index (χ4n) is 2.23. The minimum absolute atomic E-state index is 0.0340. The van der Waals surface area contributed by atoms with Crippen LogP contribution >= 0.6 is 0 Å². The zero-order chi connectivity index (χ0) is 15.6. The molecule has 0 aliphatic heterocycles. The van der Waals surface area contributed by atoms with Crippen molar-refractivity contribution in [2.24, 2.45) is 0 Å². The van der Waals surface area contributed by atoms with Crippen LogP contribution in [0.15, 0.2) is 48.5 Å². The van der Waals surface area contributed by atoms with E-state index in [-0.39, 0.29) is 6.61 Å². The maximum absolute atomic E-state index is 8.71. The molecule has 0 bridgehead atoms. The van der Waals surface area contributed by atoms with Crippen molar-refractivity contribution in [3.8, 4) is 11.5 Å². The molecular formula is C18H23NO3. The molecule has 2 rings (SSSR count). The Balaban J connectivity index is 1.74. The van der Waals surface area contributed by atoms with Gasteiger partial charge in [0.2, 0.25) is 0 Å². The summed E-state index contributed by atoms with van der Waals surface area (Å²) < 4.78 is 10.7. The van der Waals surface area contributed by atoms with Gasteiger partial charge in [-0.2, -0.15) is 0 Å². The molecule has 0 saturated carbocycles. The number of rotatable bonds is 9. The summed E-state index contributed by atoms with van der Waals surface area (Å²) in [4.78, 5) is 0.